The second-order valence-electron chi connectivity index (χ2n) is 5.65. The van der Waals surface area contributed by atoms with Crippen LogP contribution in [0.3, 0.4) is 0 Å². The molecule has 0 bridgehead atoms. The molecule has 0 spiro atoms. The molecule has 0 amide bonds. The van der Waals surface area contributed by atoms with Crippen LogP contribution < -0.4 is 5.32 Å². The van der Waals surface area contributed by atoms with E-state index in [0.717, 1.165) is 33.5 Å². The van der Waals surface area contributed by atoms with Gasteiger partial charge in [-0.1, -0.05) is 23.7 Å². The number of imidazole rings is 1. The first kappa shape index (κ1) is 17.9. The summed E-state index contributed by atoms with van der Waals surface area (Å²) in [6.45, 7) is 4.06. The first-order valence-corrected chi connectivity index (χ1v) is 8.80. The molecule has 4 nitrogen and oxygen atoms in total. The minimum Gasteiger partial charge on any atom is -0.332 e. The average molecular weight is 436 g/mol. The molecule has 4 aromatic rings. The number of hydrogen-bond acceptors (Lipinski definition) is 4. The van der Waals surface area contributed by atoms with E-state index in [2.05, 4.69) is 29.4 Å². The Morgan fingerprint density at radius 1 is 1.12 bits per heavy atom. The van der Waals surface area contributed by atoms with E-state index in [4.69, 9.17) is 16.6 Å². The molecule has 0 unspecified atom stereocenters. The van der Waals surface area contributed by atoms with Crippen molar-refractivity contribution in [2.75, 3.05) is 5.32 Å². The van der Waals surface area contributed by atoms with Crippen LogP contribution in [0.25, 0.3) is 17.0 Å². The molecule has 1 aromatic carbocycles. The maximum absolute atomic E-state index is 6.14. The van der Waals surface area contributed by atoms with Crippen molar-refractivity contribution < 1.29 is 0 Å². The lowest BCUT2D eigenvalue weighted by Crippen LogP contribution is -1.92. The predicted molar refractivity (Wildman–Crippen MR) is 111 cm³/mol. The van der Waals surface area contributed by atoms with Crippen molar-refractivity contribution in [1.82, 2.24) is 14.4 Å². The Bertz CT molecular complexity index is 1040. The van der Waals surface area contributed by atoms with Gasteiger partial charge < -0.3 is 5.32 Å². The molecule has 0 radical (unpaired) electrons. The van der Waals surface area contributed by atoms with Crippen LogP contribution >= 0.6 is 39.9 Å². The zero-order chi connectivity index (χ0) is 16.7. The Hall–Kier alpha value is -1.89. The van der Waals surface area contributed by atoms with Gasteiger partial charge in [-0.2, -0.15) is 0 Å². The van der Waals surface area contributed by atoms with E-state index in [0.29, 0.717) is 5.02 Å². The number of halogens is 2. The molecule has 0 fully saturated rings. The van der Waals surface area contributed by atoms with E-state index in [9.17, 15) is 0 Å². The number of fused-ring (bicyclic) bond motifs is 1. The lowest BCUT2D eigenvalue weighted by atomic mass is 10.2. The molecule has 3 heterocycles. The quantitative estimate of drug-likeness (QED) is 0.426. The second-order valence-corrected chi connectivity index (χ2v) is 6.95. The molecule has 128 valence electrons. The van der Waals surface area contributed by atoms with Crippen molar-refractivity contribution in [3.63, 3.8) is 0 Å². The number of nitrogens with one attached hydrogen (secondary N) is 1. The zero-order valence-corrected chi connectivity index (χ0v) is 16.9. The number of nitrogens with zero attached hydrogens (tertiary/aromatic N) is 3. The van der Waals surface area contributed by atoms with E-state index in [-0.39, 0.29) is 17.0 Å². The fourth-order valence-corrected chi connectivity index (χ4v) is 3.61. The third-order valence-electron chi connectivity index (χ3n) is 3.77. The zero-order valence-electron chi connectivity index (χ0n) is 13.7. The molecule has 4 rings (SSSR count). The normalized spacial score (nSPS) is 10.7. The van der Waals surface area contributed by atoms with Gasteiger partial charge in [-0.3, -0.25) is 4.40 Å². The number of thiazole rings is 1. The molecule has 7 heteroatoms. The van der Waals surface area contributed by atoms with Crippen molar-refractivity contribution in [3.8, 4) is 11.4 Å². The van der Waals surface area contributed by atoms with Crippen molar-refractivity contribution in [2.24, 2.45) is 0 Å². The lowest BCUT2D eigenvalue weighted by Gasteiger charge is -2.03. The van der Waals surface area contributed by atoms with Crippen molar-refractivity contribution in [2.45, 2.75) is 13.8 Å². The summed E-state index contributed by atoms with van der Waals surface area (Å²) in [6, 6.07) is 12.0. The van der Waals surface area contributed by atoms with E-state index >= 15 is 0 Å². The second kappa shape index (κ2) is 7.15. The molecular formula is C18H16BrClN4S. The molecular weight excluding hydrogens is 420 g/mol. The summed E-state index contributed by atoms with van der Waals surface area (Å²) in [7, 11) is 0. The van der Waals surface area contributed by atoms with Crippen molar-refractivity contribution in [1.29, 1.82) is 0 Å². The minimum absolute atomic E-state index is 0. The van der Waals surface area contributed by atoms with Crippen LogP contribution in [0.1, 0.15) is 11.3 Å². The van der Waals surface area contributed by atoms with Crippen LogP contribution in [0, 0.1) is 13.8 Å². The fraction of sp³-hybridized carbons (Fsp3) is 0.111. The molecule has 3 aromatic heterocycles. The Morgan fingerprint density at radius 2 is 1.96 bits per heavy atom. The molecule has 0 aliphatic rings. The minimum atomic E-state index is 0. The maximum atomic E-state index is 6.14. The average Bonchev–Trinajstić information content (AvgIpc) is 3.10. The van der Waals surface area contributed by atoms with Gasteiger partial charge in [-0.05, 0) is 43.7 Å². The van der Waals surface area contributed by atoms with Gasteiger partial charge in [-0.15, -0.1) is 28.3 Å². The molecule has 0 saturated carbocycles. The fourth-order valence-electron chi connectivity index (χ4n) is 2.73. The highest BCUT2D eigenvalue weighted by molar-refractivity contribution is 8.93. The van der Waals surface area contributed by atoms with Crippen LogP contribution in [-0.4, -0.2) is 14.4 Å². The standard InChI is InChI=1S/C18H15ClN4S.BrH/c1-11-4-3-5-14(8-11)21-18-22-15(10-24-18)17-12(2)20-16-7-6-13(19)9-23(16)17;/h3-10H,1-2H3,(H,21,22);1H. The van der Waals surface area contributed by atoms with E-state index in [1.165, 1.54) is 5.56 Å². The first-order chi connectivity index (χ1) is 11.6. The monoisotopic (exact) mass is 434 g/mol. The highest BCUT2D eigenvalue weighted by Crippen LogP contribution is 2.30. The summed E-state index contributed by atoms with van der Waals surface area (Å²) in [5.74, 6) is 0. The largest absolute Gasteiger partial charge is 0.332 e. The summed E-state index contributed by atoms with van der Waals surface area (Å²) in [5.41, 5.74) is 5.92. The van der Waals surface area contributed by atoms with Crippen LogP contribution in [0.15, 0.2) is 48.0 Å². The third-order valence-corrected chi connectivity index (χ3v) is 4.75. The summed E-state index contributed by atoms with van der Waals surface area (Å²) in [6.07, 6.45) is 1.87. The van der Waals surface area contributed by atoms with Gasteiger partial charge >= 0.3 is 0 Å². The maximum Gasteiger partial charge on any atom is 0.187 e. The van der Waals surface area contributed by atoms with Crippen LogP contribution in [0.5, 0.6) is 0 Å². The van der Waals surface area contributed by atoms with Crippen molar-refractivity contribution in [3.05, 3.63) is 64.3 Å². The smallest absolute Gasteiger partial charge is 0.187 e. The Kier molecular flexibility index (Phi) is 5.13. The van der Waals surface area contributed by atoms with Gasteiger partial charge in [0.05, 0.1) is 16.4 Å². The van der Waals surface area contributed by atoms with Gasteiger partial charge in [0.15, 0.2) is 5.13 Å². The number of anilines is 2. The Labute approximate surface area is 165 Å². The molecule has 0 atom stereocenters. The van der Waals surface area contributed by atoms with E-state index < -0.39 is 0 Å². The van der Waals surface area contributed by atoms with Crippen molar-refractivity contribution >= 4 is 56.4 Å². The van der Waals surface area contributed by atoms with Gasteiger partial charge in [0.1, 0.15) is 11.3 Å². The van der Waals surface area contributed by atoms with Crippen LogP contribution in [-0.2, 0) is 0 Å². The van der Waals surface area contributed by atoms with Crippen LogP contribution in [0.2, 0.25) is 5.02 Å². The number of hydrogen-bond donors (Lipinski definition) is 1. The summed E-state index contributed by atoms with van der Waals surface area (Å²) in [5, 5.41) is 6.92. The number of aromatic nitrogens is 3. The lowest BCUT2D eigenvalue weighted by molar-refractivity contribution is 1.17. The molecule has 1 N–H and O–H groups in total. The number of pyridine rings is 1. The van der Waals surface area contributed by atoms with Gasteiger partial charge in [0.25, 0.3) is 0 Å². The molecule has 0 aliphatic heterocycles. The van der Waals surface area contributed by atoms with Crippen LogP contribution in [0.4, 0.5) is 10.8 Å². The molecule has 25 heavy (non-hydrogen) atoms. The topological polar surface area (TPSA) is 42.2 Å². The van der Waals surface area contributed by atoms with Gasteiger partial charge in [0.2, 0.25) is 0 Å². The number of aryl methyl sites for hydroxylation is 2. The Balaban J connectivity index is 0.00000182. The summed E-state index contributed by atoms with van der Waals surface area (Å²) < 4.78 is 1.99. The third kappa shape index (κ3) is 3.56. The van der Waals surface area contributed by atoms with E-state index in [1.807, 2.05) is 47.2 Å². The first-order valence-electron chi connectivity index (χ1n) is 7.54. The van der Waals surface area contributed by atoms with Gasteiger partial charge in [0, 0.05) is 17.3 Å². The summed E-state index contributed by atoms with van der Waals surface area (Å²) in [4.78, 5) is 9.31. The molecule has 0 aliphatic carbocycles. The highest BCUT2D eigenvalue weighted by atomic mass is 79.9. The number of rotatable bonds is 3. The Morgan fingerprint density at radius 3 is 2.76 bits per heavy atom. The summed E-state index contributed by atoms with van der Waals surface area (Å²) >= 11 is 7.71. The number of benzene rings is 1. The highest BCUT2D eigenvalue weighted by Gasteiger charge is 2.14. The van der Waals surface area contributed by atoms with Gasteiger partial charge in [-0.25, -0.2) is 9.97 Å². The SMILES string of the molecule is Br.Cc1cccc(Nc2nc(-c3c(C)nc4ccc(Cl)cn34)cs2)c1. The van der Waals surface area contributed by atoms with E-state index in [1.54, 1.807) is 11.3 Å². The predicted octanol–water partition coefficient (Wildman–Crippen LogP) is 6.05. The molecule has 0 saturated heterocycles.